The van der Waals surface area contributed by atoms with E-state index in [-0.39, 0.29) is 0 Å². The first-order valence-electron chi connectivity index (χ1n) is 11.4. The van der Waals surface area contributed by atoms with Gasteiger partial charge in [-0.05, 0) is 51.4 Å². The van der Waals surface area contributed by atoms with E-state index < -0.39 is 9.05 Å². The number of hydrogen-bond acceptors (Lipinski definition) is 4. The Bertz CT molecular complexity index is 372. The van der Waals surface area contributed by atoms with Crippen LogP contribution >= 0.6 is 0 Å². The van der Waals surface area contributed by atoms with Gasteiger partial charge in [0.05, 0.1) is 0 Å². The van der Waals surface area contributed by atoms with Crippen LogP contribution in [0.25, 0.3) is 0 Å². The highest BCUT2D eigenvalue weighted by Gasteiger charge is 2.45. The average molecular weight is 425 g/mol. The number of rotatable bonds is 20. The molecule has 168 valence electrons. The lowest BCUT2D eigenvalue weighted by atomic mass is 10.3. The van der Waals surface area contributed by atoms with Crippen LogP contribution in [-0.4, -0.2) is 35.5 Å². The summed E-state index contributed by atoms with van der Waals surface area (Å²) in [5, 5.41) is 0. The van der Waals surface area contributed by atoms with Gasteiger partial charge in [-0.25, -0.2) is 0 Å². The first-order chi connectivity index (χ1) is 14.2. The monoisotopic (exact) mass is 424 g/mol. The number of allylic oxidation sites excluding steroid dienone is 4. The molecule has 0 unspecified atom stereocenters. The van der Waals surface area contributed by atoms with Crippen molar-refractivity contribution in [3.8, 4) is 0 Å². The quantitative estimate of drug-likeness (QED) is 0.121. The van der Waals surface area contributed by atoms with Crippen molar-refractivity contribution in [3.05, 3.63) is 48.6 Å². The molecule has 0 aliphatic heterocycles. The maximum absolute atomic E-state index is 6.14. The molecule has 0 bridgehead atoms. The largest absolute Gasteiger partial charge is 0.679 e. The molecule has 0 aliphatic rings. The molecule has 0 amide bonds. The molecule has 0 spiro atoms. The van der Waals surface area contributed by atoms with E-state index in [1.165, 1.54) is 0 Å². The van der Waals surface area contributed by atoms with Crippen LogP contribution in [0.5, 0.6) is 0 Å². The van der Waals surface area contributed by atoms with Crippen LogP contribution in [0.15, 0.2) is 48.6 Å². The van der Waals surface area contributed by atoms with Crippen molar-refractivity contribution in [2.24, 2.45) is 0 Å². The molecule has 0 fully saturated rings. The smallest absolute Gasteiger partial charge is 0.351 e. The maximum atomic E-state index is 6.14. The zero-order valence-electron chi connectivity index (χ0n) is 19.2. The lowest BCUT2D eigenvalue weighted by molar-refractivity contribution is -0.0318. The highest BCUT2D eigenvalue weighted by molar-refractivity contribution is 6.53. The zero-order chi connectivity index (χ0) is 21.5. The van der Waals surface area contributed by atoms with Crippen LogP contribution in [0.4, 0.5) is 0 Å². The van der Waals surface area contributed by atoms with Gasteiger partial charge in [0.2, 0.25) is 0 Å². The summed E-state index contributed by atoms with van der Waals surface area (Å²) in [7, 11) is -3.17. The molecule has 0 aromatic carbocycles. The molecule has 0 N–H and O–H groups in total. The van der Waals surface area contributed by atoms with Crippen molar-refractivity contribution in [2.75, 3.05) is 26.4 Å². The van der Waals surface area contributed by atoms with E-state index in [0.717, 1.165) is 51.4 Å². The van der Waals surface area contributed by atoms with Crippen LogP contribution in [-0.2, 0) is 17.7 Å². The summed E-state index contributed by atoms with van der Waals surface area (Å²) in [5.41, 5.74) is 0. The zero-order valence-corrected chi connectivity index (χ0v) is 20.2. The fourth-order valence-corrected chi connectivity index (χ4v) is 4.37. The fraction of sp³-hybridized carbons (Fsp3) is 0.667. The molecule has 0 atom stereocenters. The van der Waals surface area contributed by atoms with E-state index in [1.54, 1.807) is 0 Å². The molecule has 29 heavy (non-hydrogen) atoms. The summed E-state index contributed by atoms with van der Waals surface area (Å²) in [6.45, 7) is 10.7. The first-order valence-corrected chi connectivity index (χ1v) is 13.0. The van der Waals surface area contributed by atoms with Gasteiger partial charge in [-0.1, -0.05) is 76.3 Å². The lowest BCUT2D eigenvalue weighted by Crippen LogP contribution is -2.50. The Morgan fingerprint density at radius 2 is 0.655 bits per heavy atom. The van der Waals surface area contributed by atoms with Gasteiger partial charge in [-0.2, -0.15) is 0 Å². The van der Waals surface area contributed by atoms with Crippen molar-refractivity contribution in [3.63, 3.8) is 0 Å². The van der Waals surface area contributed by atoms with Crippen molar-refractivity contribution in [1.29, 1.82) is 0 Å². The topological polar surface area (TPSA) is 36.9 Å². The summed E-state index contributed by atoms with van der Waals surface area (Å²) in [6.07, 6.45) is 24.6. The Morgan fingerprint density at radius 3 is 0.862 bits per heavy atom. The predicted octanol–water partition coefficient (Wildman–Crippen LogP) is 6.91. The molecule has 0 heterocycles. The van der Waals surface area contributed by atoms with Crippen molar-refractivity contribution >= 4 is 9.05 Å². The average Bonchev–Trinajstić information content (AvgIpc) is 2.73. The second kappa shape index (κ2) is 21.7. The van der Waals surface area contributed by atoms with Gasteiger partial charge in [0.15, 0.2) is 0 Å². The molecular formula is C24H44O4Si. The second-order valence-electron chi connectivity index (χ2n) is 6.57. The van der Waals surface area contributed by atoms with Gasteiger partial charge in [-0.3, -0.25) is 0 Å². The van der Waals surface area contributed by atoms with Gasteiger partial charge in [0, 0.05) is 26.4 Å². The third-order valence-electron chi connectivity index (χ3n) is 3.86. The van der Waals surface area contributed by atoms with Crippen molar-refractivity contribution in [2.45, 2.75) is 79.1 Å². The minimum Gasteiger partial charge on any atom is -0.351 e. The number of hydrogen-bond donors (Lipinski definition) is 0. The molecule has 4 nitrogen and oxygen atoms in total. The third-order valence-corrected chi connectivity index (χ3v) is 6.09. The highest BCUT2D eigenvalue weighted by atomic mass is 28.4. The van der Waals surface area contributed by atoms with Gasteiger partial charge >= 0.3 is 9.05 Å². The summed E-state index contributed by atoms with van der Waals surface area (Å²) in [6, 6.07) is 0. The Kier molecular flexibility index (Phi) is 21.0. The Balaban J connectivity index is 4.94. The first kappa shape index (κ1) is 28.0. The standard InChI is InChI=1S/C24H44O4Si/c1-5-9-13-17-21-25-29(26-22-18-14-10-6-2,27-23-19-15-11-7-3)28-24-20-16-12-8-4/h9-16H,5-8,17-24H2,1-4H3/b13-9-,14-10-,15-11-,16-12-. The Labute approximate surface area is 181 Å². The van der Waals surface area contributed by atoms with E-state index in [1.807, 2.05) is 0 Å². The summed E-state index contributed by atoms with van der Waals surface area (Å²) < 4.78 is 24.6. The van der Waals surface area contributed by atoms with Gasteiger partial charge in [0.1, 0.15) is 0 Å². The van der Waals surface area contributed by atoms with E-state index in [0.29, 0.717) is 26.4 Å². The van der Waals surface area contributed by atoms with Crippen LogP contribution in [0, 0.1) is 0 Å². The fourth-order valence-electron chi connectivity index (χ4n) is 2.40. The molecule has 0 rings (SSSR count). The van der Waals surface area contributed by atoms with Gasteiger partial charge in [0.25, 0.3) is 0 Å². The molecule has 0 radical (unpaired) electrons. The summed E-state index contributed by atoms with van der Waals surface area (Å²) in [5.74, 6) is 0. The molecule has 5 heteroatoms. The second-order valence-corrected chi connectivity index (χ2v) is 8.72. The molecule has 0 saturated heterocycles. The summed E-state index contributed by atoms with van der Waals surface area (Å²) in [4.78, 5) is 0. The van der Waals surface area contributed by atoms with Crippen LogP contribution < -0.4 is 0 Å². The maximum Gasteiger partial charge on any atom is 0.679 e. The SMILES string of the molecule is CC/C=C\CCO[Si](OCC/C=C\CC)(OCC/C=C\CC)OCC/C=C\CC. The lowest BCUT2D eigenvalue weighted by Gasteiger charge is -2.28. The van der Waals surface area contributed by atoms with E-state index in [9.17, 15) is 0 Å². The van der Waals surface area contributed by atoms with E-state index >= 15 is 0 Å². The highest BCUT2D eigenvalue weighted by Crippen LogP contribution is 2.15. The van der Waals surface area contributed by atoms with Gasteiger partial charge in [-0.15, -0.1) is 0 Å². The van der Waals surface area contributed by atoms with Crippen molar-refractivity contribution in [1.82, 2.24) is 0 Å². The minimum absolute atomic E-state index is 0.545. The van der Waals surface area contributed by atoms with Gasteiger partial charge < -0.3 is 17.7 Å². The molecule has 0 aromatic heterocycles. The van der Waals surface area contributed by atoms with E-state index in [2.05, 4.69) is 76.3 Å². The molecule has 0 saturated carbocycles. The van der Waals surface area contributed by atoms with Crippen LogP contribution in [0.1, 0.15) is 79.1 Å². The van der Waals surface area contributed by atoms with Crippen LogP contribution in [0.2, 0.25) is 0 Å². The predicted molar refractivity (Wildman–Crippen MR) is 126 cm³/mol. The third kappa shape index (κ3) is 17.6. The molecule has 0 aliphatic carbocycles. The molecule has 0 aromatic rings. The minimum atomic E-state index is -3.17. The van der Waals surface area contributed by atoms with Crippen molar-refractivity contribution < 1.29 is 17.7 Å². The summed E-state index contributed by atoms with van der Waals surface area (Å²) >= 11 is 0. The normalized spacial score (nSPS) is 13.1. The Hall–Kier alpha value is -0.983. The van der Waals surface area contributed by atoms with Crippen LogP contribution in [0.3, 0.4) is 0 Å². The Morgan fingerprint density at radius 1 is 0.414 bits per heavy atom. The molecular weight excluding hydrogens is 380 g/mol. The van der Waals surface area contributed by atoms with E-state index in [4.69, 9.17) is 17.7 Å².